The first kappa shape index (κ1) is 32.1. The molecule has 0 unspecified atom stereocenters. The summed E-state index contributed by atoms with van der Waals surface area (Å²) in [5.74, 6) is -1.11. The zero-order valence-corrected chi connectivity index (χ0v) is 29.1. The van der Waals surface area contributed by atoms with Crippen LogP contribution in [0.5, 0.6) is 0 Å². The number of benzene rings is 2. The maximum absolute atomic E-state index is 15.6. The number of aromatic nitrogens is 3. The summed E-state index contributed by atoms with van der Waals surface area (Å²) < 4.78 is 57.6. The molecule has 0 N–H and O–H groups in total. The molecule has 3 heterocycles. The van der Waals surface area contributed by atoms with Gasteiger partial charge < -0.3 is 14.0 Å². The summed E-state index contributed by atoms with van der Waals surface area (Å²) in [6.07, 6.45) is 2.99. The van der Waals surface area contributed by atoms with Crippen molar-refractivity contribution in [1.82, 2.24) is 13.5 Å². The zero-order chi connectivity index (χ0) is 31.8. The van der Waals surface area contributed by atoms with Gasteiger partial charge in [-0.25, -0.2) is 26.6 Å². The number of hydrogen-bond donors (Lipinski definition) is 0. The molecule has 0 amide bonds. The lowest BCUT2D eigenvalue weighted by Crippen LogP contribution is -2.22. The van der Waals surface area contributed by atoms with Crippen LogP contribution in [0.4, 0.5) is 4.39 Å². The Kier molecular flexibility index (Phi) is 9.17. The molecule has 230 valence electrons. The Morgan fingerprint density at radius 2 is 1.75 bits per heavy atom. The number of carbonyl (C=O) groups excluding carboxylic acids is 1. The van der Waals surface area contributed by atoms with Gasteiger partial charge in [-0.15, -0.1) is 0 Å². The lowest BCUT2D eigenvalue weighted by molar-refractivity contribution is 0.0599. The molecule has 12 heteroatoms. The molecule has 0 aliphatic heterocycles. The maximum Gasteiger partial charge on any atom is 0.341 e. The molecule has 0 aliphatic rings. The third kappa shape index (κ3) is 6.12. The monoisotopic (exact) mass is 745 g/mol. The number of halogens is 2. The van der Waals surface area contributed by atoms with Crippen molar-refractivity contribution >= 4 is 57.7 Å². The summed E-state index contributed by atoms with van der Waals surface area (Å²) in [5, 5.41) is 0.540. The summed E-state index contributed by atoms with van der Waals surface area (Å²) in [7, 11) is -4.07. The molecular formula is C32H33FIN3O5SSi. The largest absolute Gasteiger partial charge is 0.465 e. The van der Waals surface area contributed by atoms with Crippen LogP contribution in [0, 0.1) is 16.3 Å². The van der Waals surface area contributed by atoms with Crippen molar-refractivity contribution in [1.29, 1.82) is 0 Å². The van der Waals surface area contributed by atoms with Gasteiger partial charge in [0.2, 0.25) is 0 Å². The van der Waals surface area contributed by atoms with Crippen molar-refractivity contribution in [3.05, 3.63) is 93.6 Å². The van der Waals surface area contributed by atoms with Gasteiger partial charge in [-0.3, -0.25) is 0 Å². The number of hydrogen-bond acceptors (Lipinski definition) is 6. The minimum Gasteiger partial charge on any atom is -0.465 e. The third-order valence-electron chi connectivity index (χ3n) is 7.30. The van der Waals surface area contributed by atoms with Gasteiger partial charge in [0.1, 0.15) is 12.5 Å². The molecule has 5 rings (SSSR count). The Morgan fingerprint density at radius 3 is 2.41 bits per heavy atom. The minimum atomic E-state index is -3.95. The van der Waals surface area contributed by atoms with E-state index in [0.29, 0.717) is 32.5 Å². The van der Waals surface area contributed by atoms with Crippen molar-refractivity contribution < 1.29 is 27.1 Å². The number of fused-ring (bicyclic) bond motifs is 1. The summed E-state index contributed by atoms with van der Waals surface area (Å²) in [6.45, 7) is 9.08. The van der Waals surface area contributed by atoms with E-state index in [1.165, 1.54) is 37.7 Å². The molecule has 0 aliphatic carbocycles. The lowest BCUT2D eigenvalue weighted by Gasteiger charge is -2.19. The highest BCUT2D eigenvalue weighted by Gasteiger charge is 2.31. The number of rotatable bonds is 10. The normalized spacial score (nSPS) is 12.2. The van der Waals surface area contributed by atoms with Gasteiger partial charge in [0.05, 0.1) is 32.5 Å². The lowest BCUT2D eigenvalue weighted by atomic mass is 10.0. The van der Waals surface area contributed by atoms with Crippen LogP contribution in [-0.4, -0.2) is 49.7 Å². The van der Waals surface area contributed by atoms with E-state index in [2.05, 4.69) is 47.2 Å². The van der Waals surface area contributed by atoms with Crippen LogP contribution in [0.2, 0.25) is 25.7 Å². The van der Waals surface area contributed by atoms with Crippen LogP contribution in [0.15, 0.2) is 78.0 Å². The van der Waals surface area contributed by atoms with Crippen molar-refractivity contribution in [3.63, 3.8) is 0 Å². The second kappa shape index (κ2) is 12.6. The SMILES string of the molecule is COC(=O)c1c(I)c(-c2ccnc3c2ccn3S(=O)(=O)c2ccccc2)n(COCC[Si](C)(C)C)c1-c1ccc(C)cc1F. The van der Waals surface area contributed by atoms with E-state index < -0.39 is 29.9 Å². The molecule has 8 nitrogen and oxygen atoms in total. The van der Waals surface area contributed by atoms with E-state index in [1.54, 1.807) is 54.0 Å². The van der Waals surface area contributed by atoms with Crippen molar-refractivity contribution in [2.24, 2.45) is 0 Å². The highest BCUT2D eigenvalue weighted by molar-refractivity contribution is 14.1. The van der Waals surface area contributed by atoms with Crippen molar-refractivity contribution in [2.75, 3.05) is 13.7 Å². The highest BCUT2D eigenvalue weighted by Crippen LogP contribution is 2.42. The number of methoxy groups -OCH3 is 1. The summed E-state index contributed by atoms with van der Waals surface area (Å²) in [4.78, 5) is 17.9. The third-order valence-corrected chi connectivity index (χ3v) is 11.7. The standard InChI is InChI=1S/C32H33FIN3O5SSi/c1-21-11-12-25(26(33)19-21)29-27(32(38)41-2)28(34)30(36(29)20-42-17-18-44(3,4)5)23-13-15-35-31-24(23)14-16-37(31)43(39,40)22-9-7-6-8-10-22/h6-16,19H,17-18,20H2,1-5H3. The number of esters is 1. The number of carbonyl (C=O) groups is 1. The Morgan fingerprint density at radius 1 is 1.02 bits per heavy atom. The molecule has 3 aromatic heterocycles. The van der Waals surface area contributed by atoms with Crippen LogP contribution in [0.3, 0.4) is 0 Å². The minimum absolute atomic E-state index is 0.0301. The zero-order valence-electron chi connectivity index (χ0n) is 25.1. The molecule has 44 heavy (non-hydrogen) atoms. The van der Waals surface area contributed by atoms with E-state index in [-0.39, 0.29) is 28.4 Å². The van der Waals surface area contributed by atoms with Gasteiger partial charge in [-0.1, -0.05) is 43.9 Å². The van der Waals surface area contributed by atoms with Crippen LogP contribution < -0.4 is 0 Å². The van der Waals surface area contributed by atoms with Gasteiger partial charge in [0, 0.05) is 43.6 Å². The Labute approximate surface area is 271 Å². The van der Waals surface area contributed by atoms with Gasteiger partial charge in [-0.05, 0) is 77.5 Å². The summed E-state index contributed by atoms with van der Waals surface area (Å²) in [5.41, 5.74) is 2.88. The molecule has 0 fully saturated rings. The van der Waals surface area contributed by atoms with Crippen LogP contribution in [0.1, 0.15) is 15.9 Å². The van der Waals surface area contributed by atoms with E-state index in [0.717, 1.165) is 15.6 Å². The fourth-order valence-corrected chi connectivity index (χ4v) is 8.15. The highest BCUT2D eigenvalue weighted by atomic mass is 127. The molecule has 0 atom stereocenters. The number of nitrogens with zero attached hydrogens (tertiary/aromatic N) is 3. The Hall–Kier alpha value is -3.33. The molecule has 0 saturated carbocycles. The number of ether oxygens (including phenoxy) is 2. The molecule has 0 bridgehead atoms. The number of aryl methyl sites for hydroxylation is 1. The summed E-state index contributed by atoms with van der Waals surface area (Å²) in [6, 6.07) is 17.3. The second-order valence-electron chi connectivity index (χ2n) is 11.7. The van der Waals surface area contributed by atoms with E-state index >= 15 is 4.39 Å². The quantitative estimate of drug-likeness (QED) is 0.0635. The average molecular weight is 746 g/mol. The Balaban J connectivity index is 1.77. The molecular weight excluding hydrogens is 712 g/mol. The number of pyridine rings is 1. The van der Waals surface area contributed by atoms with Crippen molar-refractivity contribution in [3.8, 4) is 22.5 Å². The molecule has 0 radical (unpaired) electrons. The summed E-state index contributed by atoms with van der Waals surface area (Å²) >= 11 is 2.08. The van der Waals surface area contributed by atoms with Gasteiger partial charge in [-0.2, -0.15) is 0 Å². The molecule has 5 aromatic rings. The topological polar surface area (TPSA) is 92.4 Å². The van der Waals surface area contributed by atoms with Crippen molar-refractivity contribution in [2.45, 2.75) is 44.2 Å². The molecule has 0 spiro atoms. The first-order valence-electron chi connectivity index (χ1n) is 14.0. The van der Waals surface area contributed by atoms with E-state index in [9.17, 15) is 13.2 Å². The van der Waals surface area contributed by atoms with E-state index in [4.69, 9.17) is 9.47 Å². The average Bonchev–Trinajstić information content (AvgIpc) is 3.54. The fourth-order valence-electron chi connectivity index (χ4n) is 5.02. The van der Waals surface area contributed by atoms with Crippen LogP contribution in [-0.2, 0) is 26.2 Å². The van der Waals surface area contributed by atoms with Crippen LogP contribution in [0.25, 0.3) is 33.5 Å². The first-order valence-corrected chi connectivity index (χ1v) is 20.2. The molecule has 0 saturated heterocycles. The molecule has 2 aromatic carbocycles. The second-order valence-corrected chi connectivity index (χ2v) is 20.2. The van der Waals surface area contributed by atoms with Gasteiger partial charge in [0.25, 0.3) is 10.0 Å². The van der Waals surface area contributed by atoms with E-state index in [1.807, 2.05) is 0 Å². The first-order chi connectivity index (χ1) is 20.8. The van der Waals surface area contributed by atoms with Gasteiger partial charge >= 0.3 is 5.97 Å². The van der Waals surface area contributed by atoms with Gasteiger partial charge in [0.15, 0.2) is 5.65 Å². The smallest absolute Gasteiger partial charge is 0.341 e. The van der Waals surface area contributed by atoms with Crippen LogP contribution >= 0.6 is 22.6 Å². The Bertz CT molecular complexity index is 1970. The fraction of sp³-hybridized carbons (Fsp3) is 0.250. The predicted octanol–water partition coefficient (Wildman–Crippen LogP) is 7.56. The maximum atomic E-state index is 15.6. The predicted molar refractivity (Wildman–Crippen MR) is 180 cm³/mol.